The molecule has 4 aromatic carbocycles. The minimum absolute atomic E-state index is 0.0393. The summed E-state index contributed by atoms with van der Waals surface area (Å²) in [6.45, 7) is 7.98. The third kappa shape index (κ3) is 10.1. The standard InChI is InChI=1S/C41H53N5O7S/c1-42(2)39-12-6-11-38-37(39)10-7-13-40(38)54(48,49)46-20-18-43(19-21-46)35-14-16-36(17-15-35)44-22-26-50-30-32-52-28-24-45(25-29-53-33-31-51-27-23-44)41(47)34-8-4-3-5-9-34/h3-17H,18-33H2,1-2H3. The molecule has 2 saturated heterocycles. The van der Waals surface area contributed by atoms with Crippen molar-refractivity contribution in [3.8, 4) is 0 Å². The van der Waals surface area contributed by atoms with Crippen molar-refractivity contribution in [3.05, 3.63) is 96.6 Å². The lowest BCUT2D eigenvalue weighted by molar-refractivity contribution is 0.0214. The Hall–Kier alpha value is -4.24. The van der Waals surface area contributed by atoms with Gasteiger partial charge in [-0.25, -0.2) is 8.42 Å². The molecule has 0 aromatic heterocycles. The molecule has 13 heteroatoms. The number of carbonyl (C=O) groups excluding carboxylic acids is 1. The van der Waals surface area contributed by atoms with Crippen molar-refractivity contribution in [2.45, 2.75) is 4.90 Å². The number of hydrogen-bond donors (Lipinski definition) is 0. The number of anilines is 3. The molecule has 0 atom stereocenters. The fourth-order valence-corrected chi connectivity index (χ4v) is 8.50. The lowest BCUT2D eigenvalue weighted by Gasteiger charge is -2.36. The van der Waals surface area contributed by atoms with Crippen LogP contribution >= 0.6 is 0 Å². The van der Waals surface area contributed by atoms with Crippen LogP contribution < -0.4 is 14.7 Å². The van der Waals surface area contributed by atoms with Gasteiger partial charge in [0.25, 0.3) is 5.91 Å². The molecule has 290 valence electrons. The number of fused-ring (bicyclic) bond motifs is 1. The lowest BCUT2D eigenvalue weighted by atomic mass is 10.1. The number of ether oxygens (including phenoxy) is 4. The minimum Gasteiger partial charge on any atom is -0.377 e. The van der Waals surface area contributed by atoms with Crippen LogP contribution in [0.25, 0.3) is 10.8 Å². The first-order valence-electron chi connectivity index (χ1n) is 18.8. The second kappa shape index (κ2) is 19.4. The van der Waals surface area contributed by atoms with E-state index < -0.39 is 10.0 Å². The molecule has 0 saturated carbocycles. The van der Waals surface area contributed by atoms with Crippen molar-refractivity contribution in [1.82, 2.24) is 9.21 Å². The van der Waals surface area contributed by atoms with Crippen LogP contribution in [0.4, 0.5) is 17.1 Å². The molecular formula is C41H53N5O7S. The molecule has 12 nitrogen and oxygen atoms in total. The van der Waals surface area contributed by atoms with E-state index in [-0.39, 0.29) is 5.91 Å². The highest BCUT2D eigenvalue weighted by Crippen LogP contribution is 2.32. The van der Waals surface area contributed by atoms with E-state index in [1.807, 2.05) is 79.7 Å². The van der Waals surface area contributed by atoms with Gasteiger partial charge < -0.3 is 38.5 Å². The molecule has 1 amide bonds. The van der Waals surface area contributed by atoms with Crippen molar-refractivity contribution in [3.63, 3.8) is 0 Å². The molecule has 0 aliphatic carbocycles. The first-order chi connectivity index (χ1) is 26.3. The van der Waals surface area contributed by atoms with E-state index in [0.29, 0.717) is 116 Å². The first kappa shape index (κ1) is 39.5. The predicted octanol–water partition coefficient (Wildman–Crippen LogP) is 4.45. The summed E-state index contributed by atoms with van der Waals surface area (Å²) in [6.07, 6.45) is 0. The van der Waals surface area contributed by atoms with Gasteiger partial charge >= 0.3 is 0 Å². The van der Waals surface area contributed by atoms with Gasteiger partial charge in [-0.3, -0.25) is 4.79 Å². The predicted molar refractivity (Wildman–Crippen MR) is 214 cm³/mol. The monoisotopic (exact) mass is 759 g/mol. The Morgan fingerprint density at radius 1 is 0.537 bits per heavy atom. The molecule has 54 heavy (non-hydrogen) atoms. The number of sulfonamides is 1. The zero-order chi connectivity index (χ0) is 37.8. The fourth-order valence-electron chi connectivity index (χ4n) is 6.87. The Bertz CT molecular complexity index is 1870. The van der Waals surface area contributed by atoms with Crippen molar-refractivity contribution in [2.24, 2.45) is 0 Å². The molecule has 4 aromatic rings. The fraction of sp³-hybridized carbons (Fsp3) is 0.439. The highest BCUT2D eigenvalue weighted by molar-refractivity contribution is 7.89. The maximum absolute atomic E-state index is 13.9. The molecule has 2 heterocycles. The third-order valence-corrected chi connectivity index (χ3v) is 11.8. The Labute approximate surface area is 319 Å². The van der Waals surface area contributed by atoms with E-state index in [9.17, 15) is 13.2 Å². The van der Waals surface area contributed by atoms with Crippen molar-refractivity contribution < 1.29 is 32.2 Å². The van der Waals surface area contributed by atoms with Gasteiger partial charge in [-0.15, -0.1) is 0 Å². The van der Waals surface area contributed by atoms with Crippen LogP contribution in [0.5, 0.6) is 0 Å². The highest BCUT2D eigenvalue weighted by Gasteiger charge is 2.30. The molecule has 0 unspecified atom stereocenters. The summed E-state index contributed by atoms with van der Waals surface area (Å²) >= 11 is 0. The van der Waals surface area contributed by atoms with Gasteiger partial charge in [0.2, 0.25) is 10.0 Å². The molecule has 2 aliphatic heterocycles. The van der Waals surface area contributed by atoms with Gasteiger partial charge in [0.15, 0.2) is 0 Å². The molecule has 0 N–H and O–H groups in total. The first-order valence-corrected chi connectivity index (χ1v) is 20.2. The summed E-state index contributed by atoms with van der Waals surface area (Å²) in [4.78, 5) is 21.7. The molecule has 0 radical (unpaired) electrons. The van der Waals surface area contributed by atoms with Crippen LogP contribution in [0.3, 0.4) is 0 Å². The third-order valence-electron chi connectivity index (χ3n) is 9.85. The lowest BCUT2D eigenvalue weighted by Crippen LogP contribution is -2.48. The van der Waals surface area contributed by atoms with E-state index in [1.54, 1.807) is 15.3 Å². The summed E-state index contributed by atoms with van der Waals surface area (Å²) in [6, 6.07) is 29.0. The summed E-state index contributed by atoms with van der Waals surface area (Å²) < 4.78 is 52.9. The minimum atomic E-state index is -3.67. The number of benzene rings is 4. The van der Waals surface area contributed by atoms with Crippen LogP contribution in [-0.2, 0) is 29.0 Å². The van der Waals surface area contributed by atoms with E-state index >= 15 is 0 Å². The van der Waals surface area contributed by atoms with E-state index in [1.165, 1.54) is 0 Å². The topological polar surface area (TPSA) is 104 Å². The van der Waals surface area contributed by atoms with E-state index in [4.69, 9.17) is 18.9 Å². The second-order valence-corrected chi connectivity index (χ2v) is 15.4. The van der Waals surface area contributed by atoms with Crippen LogP contribution in [0.2, 0.25) is 0 Å². The number of nitrogens with zero attached hydrogens (tertiary/aromatic N) is 5. The van der Waals surface area contributed by atoms with E-state index in [0.717, 1.165) is 27.8 Å². The maximum atomic E-state index is 13.9. The second-order valence-electron chi connectivity index (χ2n) is 13.5. The molecule has 0 spiro atoms. The smallest absolute Gasteiger partial charge is 0.254 e. The maximum Gasteiger partial charge on any atom is 0.254 e. The Morgan fingerprint density at radius 3 is 1.59 bits per heavy atom. The molecule has 2 aliphatic rings. The number of carbonyl (C=O) groups is 1. The molecule has 6 rings (SSSR count). The van der Waals surface area contributed by atoms with Crippen LogP contribution in [0, 0.1) is 0 Å². The Balaban J connectivity index is 1.01. The van der Waals surface area contributed by atoms with Gasteiger partial charge in [-0.1, -0.05) is 42.5 Å². The molecule has 0 bridgehead atoms. The van der Waals surface area contributed by atoms with Crippen LogP contribution in [-0.4, -0.2) is 143 Å². The normalized spacial score (nSPS) is 18.2. The van der Waals surface area contributed by atoms with Gasteiger partial charge in [-0.2, -0.15) is 4.31 Å². The van der Waals surface area contributed by atoms with Gasteiger partial charge in [0.1, 0.15) is 0 Å². The van der Waals surface area contributed by atoms with Crippen molar-refractivity contribution >= 4 is 43.8 Å². The quantitative estimate of drug-likeness (QED) is 0.280. The largest absolute Gasteiger partial charge is 0.377 e. The van der Waals surface area contributed by atoms with E-state index in [2.05, 4.69) is 34.1 Å². The highest BCUT2D eigenvalue weighted by atomic mass is 32.2. The zero-order valence-electron chi connectivity index (χ0n) is 31.5. The van der Waals surface area contributed by atoms with Crippen LogP contribution in [0.1, 0.15) is 10.4 Å². The zero-order valence-corrected chi connectivity index (χ0v) is 32.3. The van der Waals surface area contributed by atoms with Crippen LogP contribution in [0.15, 0.2) is 95.9 Å². The Morgan fingerprint density at radius 2 is 1.04 bits per heavy atom. The number of piperazine rings is 1. The van der Waals surface area contributed by atoms with Crippen molar-refractivity contribution in [1.29, 1.82) is 0 Å². The molecular weight excluding hydrogens is 707 g/mol. The summed E-state index contributed by atoms with van der Waals surface area (Å²) in [5.41, 5.74) is 3.76. The summed E-state index contributed by atoms with van der Waals surface area (Å²) in [7, 11) is 0.261. The number of amides is 1. The van der Waals surface area contributed by atoms with Gasteiger partial charge in [0.05, 0.1) is 57.8 Å². The Kier molecular flexibility index (Phi) is 14.2. The average molecular weight is 760 g/mol. The summed E-state index contributed by atoms with van der Waals surface area (Å²) in [5.74, 6) is -0.0393. The van der Waals surface area contributed by atoms with Gasteiger partial charge in [0, 0.05) is 99.9 Å². The SMILES string of the molecule is CN(C)c1cccc2c(S(=O)(=O)N3CCN(c4ccc(N5CCOCCOCCN(C(=O)c6ccccc6)CCOCCOCC5)cc4)CC3)cccc12. The molecule has 2 fully saturated rings. The average Bonchev–Trinajstić information content (AvgIpc) is 3.20. The number of rotatable bonds is 6. The summed E-state index contributed by atoms with van der Waals surface area (Å²) in [5, 5.41) is 1.67. The number of hydrogen-bond acceptors (Lipinski definition) is 10. The van der Waals surface area contributed by atoms with Gasteiger partial charge in [-0.05, 0) is 48.5 Å². The van der Waals surface area contributed by atoms with Crippen molar-refractivity contribution in [2.75, 3.05) is 134 Å².